The van der Waals surface area contributed by atoms with E-state index in [0.29, 0.717) is 37.4 Å². The van der Waals surface area contributed by atoms with E-state index < -0.39 is 9.84 Å². The molecule has 2 aromatic heterocycles. The first-order valence-electron chi connectivity index (χ1n) is 10.7. The second-order valence-corrected chi connectivity index (χ2v) is 11.0. The van der Waals surface area contributed by atoms with Crippen LogP contribution in [0.5, 0.6) is 0 Å². The number of nitrogens with zero attached hydrogens (tertiary/aromatic N) is 4. The van der Waals surface area contributed by atoms with Gasteiger partial charge in [-0.1, -0.05) is 40.9 Å². The van der Waals surface area contributed by atoms with Gasteiger partial charge in [-0.15, -0.1) is 0 Å². The van der Waals surface area contributed by atoms with Crippen LogP contribution in [0.4, 0.5) is 0 Å². The number of carbonyl (C=O) groups is 1. The number of aryl methyl sites for hydroxylation is 2. The summed E-state index contributed by atoms with van der Waals surface area (Å²) in [6.45, 7) is 3.31. The Hall–Kier alpha value is -2.42. The molecule has 1 amide bonds. The Balaban J connectivity index is 1.39. The quantitative estimate of drug-likeness (QED) is 0.462. The molecule has 1 aromatic carbocycles. The van der Waals surface area contributed by atoms with E-state index in [-0.39, 0.29) is 33.4 Å². The lowest BCUT2D eigenvalue weighted by Crippen LogP contribution is -2.39. The number of piperidine rings is 1. The SMILES string of the molecule is Cc1ccc(S(=O)(=O)CCn2ccnc2C2CCN(C(=O)c3nc(Cl)ccc3Cl)CC2)cc1. The van der Waals surface area contributed by atoms with Crippen LogP contribution in [0.2, 0.25) is 10.2 Å². The van der Waals surface area contributed by atoms with E-state index in [2.05, 4.69) is 9.97 Å². The zero-order valence-corrected chi connectivity index (χ0v) is 20.4. The minimum absolute atomic E-state index is 0.00428. The lowest BCUT2D eigenvalue weighted by molar-refractivity contribution is 0.0704. The summed E-state index contributed by atoms with van der Waals surface area (Å²) in [5.41, 5.74) is 1.18. The smallest absolute Gasteiger partial charge is 0.274 e. The molecule has 1 fully saturated rings. The van der Waals surface area contributed by atoms with E-state index in [9.17, 15) is 13.2 Å². The molecule has 0 N–H and O–H groups in total. The molecule has 1 aliphatic rings. The first-order valence-corrected chi connectivity index (χ1v) is 13.1. The van der Waals surface area contributed by atoms with Crippen molar-refractivity contribution >= 4 is 38.9 Å². The highest BCUT2D eigenvalue weighted by atomic mass is 35.5. The summed E-state index contributed by atoms with van der Waals surface area (Å²) in [5.74, 6) is 0.734. The molecule has 3 heterocycles. The monoisotopic (exact) mass is 506 g/mol. The topological polar surface area (TPSA) is 85.2 Å². The number of hydrogen-bond acceptors (Lipinski definition) is 5. The Kier molecular flexibility index (Phi) is 7.07. The van der Waals surface area contributed by atoms with Crippen molar-refractivity contribution in [1.29, 1.82) is 0 Å². The van der Waals surface area contributed by atoms with Gasteiger partial charge in [0.2, 0.25) is 0 Å². The van der Waals surface area contributed by atoms with Gasteiger partial charge in [0.25, 0.3) is 5.91 Å². The van der Waals surface area contributed by atoms with Crippen molar-refractivity contribution in [3.8, 4) is 0 Å². The number of halogens is 2. The van der Waals surface area contributed by atoms with Gasteiger partial charge in [0.1, 0.15) is 16.7 Å². The average Bonchev–Trinajstić information content (AvgIpc) is 3.28. The van der Waals surface area contributed by atoms with Crippen LogP contribution in [0, 0.1) is 6.92 Å². The number of amides is 1. The maximum atomic E-state index is 12.8. The minimum Gasteiger partial charge on any atom is -0.337 e. The van der Waals surface area contributed by atoms with E-state index in [1.165, 1.54) is 0 Å². The molecule has 3 aromatic rings. The molecule has 0 bridgehead atoms. The van der Waals surface area contributed by atoms with Crippen LogP contribution in [0.1, 0.15) is 40.6 Å². The summed E-state index contributed by atoms with van der Waals surface area (Å²) < 4.78 is 27.4. The standard InChI is InChI=1S/C23H24Cl2N4O3S/c1-16-2-4-18(5-3-16)33(31,32)15-14-28-13-10-26-22(28)17-8-11-29(12-9-17)23(30)21-19(24)6-7-20(25)27-21/h2-7,10,13,17H,8-9,11-12,14-15H2,1H3. The predicted octanol–water partition coefficient (Wildman–Crippen LogP) is 4.39. The maximum absolute atomic E-state index is 12.8. The van der Waals surface area contributed by atoms with Gasteiger partial charge in [0.05, 0.1) is 15.7 Å². The molecule has 0 aliphatic carbocycles. The molecule has 10 heteroatoms. The number of rotatable bonds is 6. The number of carbonyl (C=O) groups excluding carboxylic acids is 1. The van der Waals surface area contributed by atoms with Crippen LogP contribution in [0.3, 0.4) is 0 Å². The Labute approximate surface area is 203 Å². The third kappa shape index (κ3) is 5.39. The fourth-order valence-electron chi connectivity index (χ4n) is 4.01. The Morgan fingerprint density at radius 2 is 1.79 bits per heavy atom. The normalized spacial score (nSPS) is 15.1. The van der Waals surface area contributed by atoms with Gasteiger partial charge < -0.3 is 9.47 Å². The fraction of sp³-hybridized carbons (Fsp3) is 0.348. The number of sulfone groups is 1. The molecule has 7 nitrogen and oxygen atoms in total. The molecule has 0 spiro atoms. The van der Waals surface area contributed by atoms with Crippen LogP contribution >= 0.6 is 23.2 Å². The third-order valence-electron chi connectivity index (χ3n) is 5.89. The first-order chi connectivity index (χ1) is 15.7. The molecule has 0 atom stereocenters. The Morgan fingerprint density at radius 3 is 2.48 bits per heavy atom. The second-order valence-electron chi connectivity index (χ2n) is 8.14. The second kappa shape index (κ2) is 9.83. The van der Waals surface area contributed by atoms with Gasteiger partial charge in [-0.05, 0) is 44.0 Å². The molecule has 0 saturated carbocycles. The van der Waals surface area contributed by atoms with Crippen LogP contribution in [-0.4, -0.2) is 52.6 Å². The van der Waals surface area contributed by atoms with E-state index in [1.54, 1.807) is 47.5 Å². The largest absolute Gasteiger partial charge is 0.337 e. The maximum Gasteiger partial charge on any atom is 0.274 e. The van der Waals surface area contributed by atoms with E-state index in [4.69, 9.17) is 23.2 Å². The van der Waals surface area contributed by atoms with Crippen molar-refractivity contribution in [2.24, 2.45) is 0 Å². The van der Waals surface area contributed by atoms with E-state index >= 15 is 0 Å². The summed E-state index contributed by atoms with van der Waals surface area (Å²) in [7, 11) is -3.39. The highest BCUT2D eigenvalue weighted by molar-refractivity contribution is 7.91. The lowest BCUT2D eigenvalue weighted by Gasteiger charge is -2.32. The fourth-order valence-corrected chi connectivity index (χ4v) is 5.57. The number of benzene rings is 1. The van der Waals surface area contributed by atoms with Crippen molar-refractivity contribution < 1.29 is 13.2 Å². The summed E-state index contributed by atoms with van der Waals surface area (Å²) in [6, 6.07) is 10.0. The van der Waals surface area contributed by atoms with E-state index in [0.717, 1.165) is 11.4 Å². The van der Waals surface area contributed by atoms with Crippen molar-refractivity contribution in [3.05, 3.63) is 76.0 Å². The van der Waals surface area contributed by atoms with Crippen LogP contribution in [-0.2, 0) is 16.4 Å². The molecule has 174 valence electrons. The highest BCUT2D eigenvalue weighted by Gasteiger charge is 2.29. The molecular formula is C23H24Cl2N4O3S. The first kappa shape index (κ1) is 23.7. The molecule has 1 saturated heterocycles. The zero-order valence-electron chi connectivity index (χ0n) is 18.1. The number of likely N-dealkylation sites (tertiary alicyclic amines) is 1. The van der Waals surface area contributed by atoms with Gasteiger partial charge in [-0.25, -0.2) is 18.4 Å². The summed E-state index contributed by atoms with van der Waals surface area (Å²) in [6.07, 6.45) is 4.94. The van der Waals surface area contributed by atoms with Gasteiger partial charge in [-0.2, -0.15) is 0 Å². The molecular weight excluding hydrogens is 483 g/mol. The predicted molar refractivity (Wildman–Crippen MR) is 128 cm³/mol. The van der Waals surface area contributed by atoms with Crippen molar-refractivity contribution in [3.63, 3.8) is 0 Å². The summed E-state index contributed by atoms with van der Waals surface area (Å²) in [5, 5.41) is 0.497. The number of aromatic nitrogens is 3. The molecule has 4 rings (SSSR count). The highest BCUT2D eigenvalue weighted by Crippen LogP contribution is 2.29. The summed E-state index contributed by atoms with van der Waals surface area (Å²) in [4.78, 5) is 23.5. The zero-order chi connectivity index (χ0) is 23.6. The van der Waals surface area contributed by atoms with Gasteiger partial charge in [0, 0.05) is 37.9 Å². The molecule has 1 aliphatic heterocycles. The van der Waals surface area contributed by atoms with Gasteiger partial charge >= 0.3 is 0 Å². The Morgan fingerprint density at radius 1 is 1.09 bits per heavy atom. The van der Waals surface area contributed by atoms with Gasteiger partial charge in [-0.3, -0.25) is 4.79 Å². The van der Waals surface area contributed by atoms with Gasteiger partial charge in [0.15, 0.2) is 9.84 Å². The van der Waals surface area contributed by atoms with Crippen LogP contribution < -0.4 is 0 Å². The lowest BCUT2D eigenvalue weighted by atomic mass is 9.95. The van der Waals surface area contributed by atoms with Crippen LogP contribution in [0.15, 0.2) is 53.7 Å². The average molecular weight is 507 g/mol. The number of pyridine rings is 1. The van der Waals surface area contributed by atoms with E-state index in [1.807, 2.05) is 17.7 Å². The molecule has 33 heavy (non-hydrogen) atoms. The van der Waals surface area contributed by atoms with Crippen LogP contribution in [0.25, 0.3) is 0 Å². The summed E-state index contributed by atoms with van der Waals surface area (Å²) >= 11 is 12.1. The number of imidazole rings is 1. The van der Waals surface area contributed by atoms with Crippen molar-refractivity contribution in [2.45, 2.75) is 37.1 Å². The molecule has 0 radical (unpaired) electrons. The minimum atomic E-state index is -3.39. The Bertz CT molecular complexity index is 1250. The molecule has 0 unspecified atom stereocenters. The number of hydrogen-bond donors (Lipinski definition) is 0. The van der Waals surface area contributed by atoms with Crippen molar-refractivity contribution in [2.75, 3.05) is 18.8 Å². The van der Waals surface area contributed by atoms with Crippen molar-refractivity contribution in [1.82, 2.24) is 19.4 Å². The third-order valence-corrected chi connectivity index (χ3v) is 8.12.